The van der Waals surface area contributed by atoms with E-state index in [0.717, 1.165) is 15.4 Å². The van der Waals surface area contributed by atoms with Gasteiger partial charge in [0.15, 0.2) is 0 Å². The maximum Gasteiger partial charge on any atom is 0.335 e. The fourth-order valence-corrected chi connectivity index (χ4v) is 2.37. The number of carbonyl (C=O) groups is 3. The molecule has 2 heterocycles. The predicted molar refractivity (Wildman–Crippen MR) is 75.4 cm³/mol. The molecule has 118 valence electrons. The lowest BCUT2D eigenvalue weighted by atomic mass is 10.4. The molecule has 22 heavy (non-hydrogen) atoms. The minimum atomic E-state index is -0.842. The van der Waals surface area contributed by atoms with Gasteiger partial charge in [0.05, 0.1) is 17.4 Å². The average Bonchev–Trinajstić information content (AvgIpc) is 2.76. The van der Waals surface area contributed by atoms with Crippen LogP contribution < -0.4 is 11.1 Å². The maximum absolute atomic E-state index is 11.8. The lowest BCUT2D eigenvalue weighted by molar-refractivity contribution is -0.197. The van der Waals surface area contributed by atoms with Crippen LogP contribution in [0, 0.1) is 0 Å². The van der Waals surface area contributed by atoms with Gasteiger partial charge in [0.2, 0.25) is 0 Å². The summed E-state index contributed by atoms with van der Waals surface area (Å²) in [4.78, 5) is 62.4. The van der Waals surface area contributed by atoms with E-state index in [-0.39, 0.29) is 30.3 Å². The second-order valence-electron chi connectivity index (χ2n) is 4.58. The molecule has 2 amide bonds. The predicted octanol–water partition coefficient (Wildman–Crippen LogP) is -0.693. The highest BCUT2D eigenvalue weighted by Crippen LogP contribution is 2.12. The molecule has 0 radical (unpaired) electrons. The number of hydrogen-bond donors (Lipinski definition) is 0. The molecule has 0 unspecified atom stereocenters. The number of hydrogen-bond acceptors (Lipinski definition) is 6. The molecular formula is C12H12BrN3O6. The Kier molecular flexibility index (Phi) is 4.59. The first kappa shape index (κ1) is 16.1. The van der Waals surface area contributed by atoms with Crippen molar-refractivity contribution in [3.63, 3.8) is 0 Å². The molecule has 0 aromatic carbocycles. The van der Waals surface area contributed by atoms with E-state index in [4.69, 9.17) is 0 Å². The molecule has 1 fully saturated rings. The van der Waals surface area contributed by atoms with Gasteiger partial charge in [0.1, 0.15) is 0 Å². The van der Waals surface area contributed by atoms with Gasteiger partial charge in [-0.05, 0) is 15.9 Å². The summed E-state index contributed by atoms with van der Waals surface area (Å²) in [6.45, 7) is -0.118. The Bertz CT molecular complexity index is 749. The number of aromatic nitrogens is 2. The largest absolute Gasteiger partial charge is 0.335 e. The molecule has 0 bridgehead atoms. The van der Waals surface area contributed by atoms with Crippen LogP contribution >= 0.6 is 15.9 Å². The van der Waals surface area contributed by atoms with Gasteiger partial charge in [-0.25, -0.2) is 14.2 Å². The van der Waals surface area contributed by atoms with Crippen LogP contribution in [0.1, 0.15) is 19.3 Å². The SMILES string of the molecule is Cn1c(=O)c(Br)cc(=O)n1CCC(=O)ON1C(=O)CCC1=O. The quantitative estimate of drug-likeness (QED) is 0.646. The minimum Gasteiger partial charge on any atom is -0.330 e. The number of hydroxylamine groups is 2. The van der Waals surface area contributed by atoms with Gasteiger partial charge in [0, 0.05) is 26.0 Å². The van der Waals surface area contributed by atoms with Crippen LogP contribution in [0.4, 0.5) is 0 Å². The summed E-state index contributed by atoms with van der Waals surface area (Å²) in [5.41, 5.74) is -0.909. The Balaban J connectivity index is 2.05. The number of imide groups is 1. The second kappa shape index (κ2) is 6.26. The van der Waals surface area contributed by atoms with Crippen LogP contribution in [0.2, 0.25) is 0 Å². The van der Waals surface area contributed by atoms with E-state index >= 15 is 0 Å². The molecule has 0 aliphatic carbocycles. The first-order valence-corrected chi connectivity index (χ1v) is 7.14. The number of halogens is 1. The Morgan fingerprint density at radius 2 is 1.82 bits per heavy atom. The van der Waals surface area contributed by atoms with E-state index in [9.17, 15) is 24.0 Å². The second-order valence-corrected chi connectivity index (χ2v) is 5.43. The molecule has 9 nitrogen and oxygen atoms in total. The van der Waals surface area contributed by atoms with E-state index in [1.165, 1.54) is 7.05 Å². The lowest BCUT2D eigenvalue weighted by Crippen LogP contribution is -2.38. The van der Waals surface area contributed by atoms with Gasteiger partial charge in [0.25, 0.3) is 22.9 Å². The van der Waals surface area contributed by atoms with Gasteiger partial charge < -0.3 is 4.84 Å². The normalized spacial score (nSPS) is 14.5. The van der Waals surface area contributed by atoms with Gasteiger partial charge >= 0.3 is 5.97 Å². The van der Waals surface area contributed by atoms with Crippen molar-refractivity contribution in [3.05, 3.63) is 31.2 Å². The molecule has 0 saturated carbocycles. The standard InChI is InChI=1S/C12H12BrN3O6/c1-14-12(21)7(13)6-10(19)15(14)5-4-11(20)22-16-8(17)2-3-9(16)18/h6H,2-5H2,1H3. The fourth-order valence-electron chi connectivity index (χ4n) is 1.92. The molecule has 1 aliphatic heterocycles. The molecule has 1 aromatic heterocycles. The Labute approximate surface area is 132 Å². The third kappa shape index (κ3) is 3.16. The third-order valence-corrected chi connectivity index (χ3v) is 3.66. The summed E-state index contributed by atoms with van der Waals surface area (Å²) in [6.07, 6.45) is -0.258. The summed E-state index contributed by atoms with van der Waals surface area (Å²) in [5, 5.41) is 0.436. The summed E-state index contributed by atoms with van der Waals surface area (Å²) in [7, 11) is 1.38. The molecule has 0 N–H and O–H groups in total. The zero-order chi connectivity index (χ0) is 16.4. The molecule has 1 saturated heterocycles. The van der Waals surface area contributed by atoms with E-state index in [1.807, 2.05) is 0 Å². The van der Waals surface area contributed by atoms with Crippen LogP contribution in [0.15, 0.2) is 20.1 Å². The van der Waals surface area contributed by atoms with Crippen molar-refractivity contribution < 1.29 is 19.2 Å². The Morgan fingerprint density at radius 1 is 1.23 bits per heavy atom. The first-order chi connectivity index (χ1) is 10.3. The van der Waals surface area contributed by atoms with E-state index in [1.54, 1.807) is 0 Å². The Hall–Kier alpha value is -2.23. The maximum atomic E-state index is 11.8. The summed E-state index contributed by atoms with van der Waals surface area (Å²) in [6, 6.07) is 1.10. The van der Waals surface area contributed by atoms with Crippen molar-refractivity contribution in [1.29, 1.82) is 0 Å². The highest BCUT2D eigenvalue weighted by atomic mass is 79.9. The van der Waals surface area contributed by atoms with E-state index < -0.39 is 28.9 Å². The van der Waals surface area contributed by atoms with Gasteiger partial charge in [-0.3, -0.25) is 19.2 Å². The summed E-state index contributed by atoms with van der Waals surface area (Å²) in [5.74, 6) is -2.00. The molecule has 10 heteroatoms. The van der Waals surface area contributed by atoms with Crippen LogP contribution in [-0.4, -0.2) is 32.2 Å². The number of nitrogens with zero attached hydrogens (tertiary/aromatic N) is 3. The van der Waals surface area contributed by atoms with Crippen molar-refractivity contribution in [2.45, 2.75) is 25.8 Å². The molecule has 2 rings (SSSR count). The number of carbonyl (C=O) groups excluding carboxylic acids is 3. The lowest BCUT2D eigenvalue weighted by Gasteiger charge is -2.14. The molecular weight excluding hydrogens is 362 g/mol. The van der Waals surface area contributed by atoms with E-state index in [0.29, 0.717) is 5.06 Å². The number of rotatable bonds is 4. The van der Waals surface area contributed by atoms with Gasteiger partial charge in [-0.2, -0.15) is 0 Å². The highest BCUT2D eigenvalue weighted by Gasteiger charge is 2.32. The minimum absolute atomic E-state index is 0.00673. The van der Waals surface area contributed by atoms with Crippen LogP contribution in [-0.2, 0) is 32.8 Å². The summed E-state index contributed by atoms with van der Waals surface area (Å²) < 4.78 is 2.24. The van der Waals surface area contributed by atoms with Crippen LogP contribution in [0.3, 0.4) is 0 Å². The van der Waals surface area contributed by atoms with Crippen molar-refractivity contribution in [1.82, 2.24) is 14.4 Å². The highest BCUT2D eigenvalue weighted by molar-refractivity contribution is 9.10. The number of amides is 2. The zero-order valence-corrected chi connectivity index (χ0v) is 13.2. The Morgan fingerprint density at radius 3 is 2.41 bits per heavy atom. The van der Waals surface area contributed by atoms with Crippen molar-refractivity contribution in [2.24, 2.45) is 7.05 Å². The first-order valence-electron chi connectivity index (χ1n) is 6.34. The van der Waals surface area contributed by atoms with Crippen molar-refractivity contribution in [3.8, 4) is 0 Å². The zero-order valence-electron chi connectivity index (χ0n) is 11.6. The molecule has 0 atom stereocenters. The third-order valence-electron chi connectivity index (χ3n) is 3.09. The van der Waals surface area contributed by atoms with Crippen molar-refractivity contribution in [2.75, 3.05) is 0 Å². The summed E-state index contributed by atoms with van der Waals surface area (Å²) >= 11 is 2.96. The van der Waals surface area contributed by atoms with Crippen molar-refractivity contribution >= 4 is 33.7 Å². The molecule has 1 aromatic rings. The average molecular weight is 374 g/mol. The van der Waals surface area contributed by atoms with Gasteiger partial charge in [-0.15, -0.1) is 5.06 Å². The topological polar surface area (TPSA) is 108 Å². The van der Waals surface area contributed by atoms with E-state index in [2.05, 4.69) is 20.8 Å². The smallest absolute Gasteiger partial charge is 0.330 e. The van der Waals surface area contributed by atoms with Gasteiger partial charge in [-0.1, -0.05) is 0 Å². The molecule has 0 spiro atoms. The fraction of sp³-hybridized carbons (Fsp3) is 0.417. The molecule has 1 aliphatic rings. The monoisotopic (exact) mass is 373 g/mol. The van der Waals surface area contributed by atoms with Crippen LogP contribution in [0.5, 0.6) is 0 Å². The van der Waals surface area contributed by atoms with Crippen LogP contribution in [0.25, 0.3) is 0 Å².